The number of aromatic nitrogens is 3. The highest BCUT2D eigenvalue weighted by Crippen LogP contribution is 2.39. The Morgan fingerprint density at radius 2 is 1.94 bits per heavy atom. The summed E-state index contributed by atoms with van der Waals surface area (Å²) in [6.07, 6.45) is 4.12. The van der Waals surface area contributed by atoms with Crippen molar-refractivity contribution in [3.05, 3.63) is 59.5 Å². The Morgan fingerprint density at radius 1 is 1.20 bits per heavy atom. The van der Waals surface area contributed by atoms with E-state index in [1.807, 2.05) is 30.7 Å². The number of benzene rings is 1. The highest BCUT2D eigenvalue weighted by molar-refractivity contribution is 5.96. The van der Waals surface area contributed by atoms with Crippen LogP contribution in [0.15, 0.2) is 41.2 Å². The van der Waals surface area contributed by atoms with E-state index < -0.39 is 23.3 Å². The van der Waals surface area contributed by atoms with Gasteiger partial charge in [0.05, 0.1) is 22.3 Å². The zero-order chi connectivity index (χ0) is 24.9. The third-order valence-electron chi connectivity index (χ3n) is 6.84. The molecule has 9 heteroatoms. The first kappa shape index (κ1) is 23.1. The van der Waals surface area contributed by atoms with E-state index in [0.717, 1.165) is 22.3 Å². The first-order valence-electron chi connectivity index (χ1n) is 11.5. The summed E-state index contributed by atoms with van der Waals surface area (Å²) in [4.78, 5) is 15.9. The summed E-state index contributed by atoms with van der Waals surface area (Å²) in [5, 5.41) is 13.2. The number of fused-ring (bicyclic) bond motifs is 1. The van der Waals surface area contributed by atoms with Crippen molar-refractivity contribution in [3.8, 4) is 22.3 Å². The van der Waals surface area contributed by atoms with E-state index in [2.05, 4.69) is 10.1 Å². The summed E-state index contributed by atoms with van der Waals surface area (Å²) < 4.78 is 49.2. The zero-order valence-electron chi connectivity index (χ0n) is 19.3. The number of carboxylic acids is 1. The summed E-state index contributed by atoms with van der Waals surface area (Å²) in [6, 6.07) is 5.93. The Kier molecular flexibility index (Phi) is 5.65. The Balaban J connectivity index is 1.61. The van der Waals surface area contributed by atoms with Crippen molar-refractivity contribution in [1.29, 1.82) is 0 Å². The number of nitrogens with zero attached hydrogens (tertiary/aromatic N) is 3. The molecule has 1 saturated carbocycles. The van der Waals surface area contributed by atoms with Crippen molar-refractivity contribution in [2.45, 2.75) is 52.0 Å². The molecule has 3 heterocycles. The fourth-order valence-electron chi connectivity index (χ4n) is 4.98. The van der Waals surface area contributed by atoms with Crippen LogP contribution in [0.1, 0.15) is 47.5 Å². The quantitative estimate of drug-likeness (QED) is 0.344. The number of aryl methyl sites for hydroxylation is 2. The van der Waals surface area contributed by atoms with Crippen LogP contribution in [-0.4, -0.2) is 31.7 Å². The van der Waals surface area contributed by atoms with Crippen LogP contribution in [0, 0.1) is 25.6 Å². The second-order valence-corrected chi connectivity index (χ2v) is 9.29. The van der Waals surface area contributed by atoms with Gasteiger partial charge in [0.2, 0.25) is 5.92 Å². The van der Waals surface area contributed by atoms with E-state index in [1.54, 1.807) is 12.3 Å². The van der Waals surface area contributed by atoms with Gasteiger partial charge in [-0.1, -0.05) is 11.2 Å². The van der Waals surface area contributed by atoms with Gasteiger partial charge in [-0.2, -0.15) is 0 Å². The molecule has 6 nitrogen and oxygen atoms in total. The van der Waals surface area contributed by atoms with Gasteiger partial charge in [-0.05, 0) is 56.4 Å². The summed E-state index contributed by atoms with van der Waals surface area (Å²) in [5.41, 5.74) is 4.48. The Hall–Kier alpha value is -3.62. The van der Waals surface area contributed by atoms with Crippen LogP contribution in [0.5, 0.6) is 0 Å². The fraction of sp³-hybridized carbons (Fsp3) is 0.346. The number of pyridine rings is 1. The van der Waals surface area contributed by atoms with Crippen molar-refractivity contribution in [2.75, 3.05) is 0 Å². The molecule has 0 unspecified atom stereocenters. The molecule has 182 valence electrons. The molecular weight excluding hydrogens is 459 g/mol. The largest absolute Gasteiger partial charge is 0.478 e. The average Bonchev–Trinajstić information content (AvgIpc) is 3.33. The van der Waals surface area contributed by atoms with Crippen molar-refractivity contribution in [2.24, 2.45) is 5.92 Å². The van der Waals surface area contributed by atoms with Crippen LogP contribution in [0.2, 0.25) is 0 Å². The highest BCUT2D eigenvalue weighted by Gasteiger charge is 2.35. The number of halogens is 3. The van der Waals surface area contributed by atoms with Gasteiger partial charge in [-0.25, -0.2) is 18.0 Å². The van der Waals surface area contributed by atoms with E-state index in [4.69, 9.17) is 9.63 Å². The molecule has 0 saturated heterocycles. The van der Waals surface area contributed by atoms with Crippen LogP contribution in [-0.2, 0) is 6.54 Å². The molecule has 35 heavy (non-hydrogen) atoms. The van der Waals surface area contributed by atoms with Crippen LogP contribution >= 0.6 is 0 Å². The van der Waals surface area contributed by atoms with Gasteiger partial charge >= 0.3 is 5.97 Å². The van der Waals surface area contributed by atoms with E-state index in [9.17, 15) is 18.0 Å². The van der Waals surface area contributed by atoms with Gasteiger partial charge in [0.15, 0.2) is 0 Å². The minimum Gasteiger partial charge on any atom is -0.478 e. The standard InChI is InChI=1S/C26H24F3N3O3/c1-14-23(15(2)35-31-14)18-10-22-24(30-11-18)20(17-3-4-19(25(33)34)21(27)9-17)13-32(22)12-16-5-7-26(28,29)8-6-16/h3-4,9-11,13,16H,5-8,12H2,1-2H3,(H,33,34). The molecule has 1 fully saturated rings. The summed E-state index contributed by atoms with van der Waals surface area (Å²) >= 11 is 0. The van der Waals surface area contributed by atoms with Crippen LogP contribution < -0.4 is 0 Å². The minimum atomic E-state index is -2.61. The number of rotatable bonds is 5. The lowest BCUT2D eigenvalue weighted by atomic mass is 9.87. The lowest BCUT2D eigenvalue weighted by Gasteiger charge is -2.28. The fourth-order valence-corrected chi connectivity index (χ4v) is 4.98. The number of hydrogen-bond acceptors (Lipinski definition) is 4. The van der Waals surface area contributed by atoms with Gasteiger partial charge in [0.1, 0.15) is 11.6 Å². The molecule has 0 spiro atoms. The molecule has 1 aliphatic rings. The first-order chi connectivity index (χ1) is 16.6. The van der Waals surface area contributed by atoms with E-state index >= 15 is 0 Å². The molecule has 1 N–H and O–H groups in total. The molecule has 0 radical (unpaired) electrons. The zero-order valence-corrected chi connectivity index (χ0v) is 19.3. The monoisotopic (exact) mass is 483 g/mol. The predicted molar refractivity (Wildman–Crippen MR) is 124 cm³/mol. The normalized spacial score (nSPS) is 16.1. The van der Waals surface area contributed by atoms with Gasteiger partial charge in [0, 0.05) is 48.5 Å². The molecule has 3 aromatic heterocycles. The Labute approximate surface area is 199 Å². The molecule has 1 aliphatic carbocycles. The van der Waals surface area contributed by atoms with Crippen molar-refractivity contribution in [1.82, 2.24) is 14.7 Å². The van der Waals surface area contributed by atoms with Gasteiger partial charge in [-0.15, -0.1) is 0 Å². The smallest absolute Gasteiger partial charge is 0.338 e. The number of carbonyl (C=O) groups is 1. The molecule has 0 atom stereocenters. The highest BCUT2D eigenvalue weighted by atomic mass is 19.3. The van der Waals surface area contributed by atoms with Crippen LogP contribution in [0.3, 0.4) is 0 Å². The summed E-state index contributed by atoms with van der Waals surface area (Å²) in [6.45, 7) is 4.18. The van der Waals surface area contributed by atoms with Crippen molar-refractivity contribution in [3.63, 3.8) is 0 Å². The lowest BCUT2D eigenvalue weighted by Crippen LogP contribution is -2.26. The Bertz CT molecular complexity index is 1410. The molecule has 0 amide bonds. The maximum atomic E-state index is 14.5. The maximum absolute atomic E-state index is 14.5. The van der Waals surface area contributed by atoms with Gasteiger partial charge in [-0.3, -0.25) is 4.98 Å². The molecular formula is C26H24F3N3O3. The third-order valence-corrected chi connectivity index (χ3v) is 6.84. The van der Waals surface area contributed by atoms with E-state index in [0.29, 0.717) is 41.8 Å². The molecule has 5 rings (SSSR count). The van der Waals surface area contributed by atoms with Crippen molar-refractivity contribution < 1.29 is 27.6 Å². The van der Waals surface area contributed by atoms with E-state index in [1.165, 1.54) is 12.1 Å². The van der Waals surface area contributed by atoms with Crippen LogP contribution in [0.25, 0.3) is 33.3 Å². The van der Waals surface area contributed by atoms with E-state index in [-0.39, 0.29) is 18.8 Å². The lowest BCUT2D eigenvalue weighted by molar-refractivity contribution is -0.0472. The second kappa shape index (κ2) is 8.55. The maximum Gasteiger partial charge on any atom is 0.338 e. The summed E-state index contributed by atoms with van der Waals surface area (Å²) in [7, 11) is 0. The third kappa shape index (κ3) is 4.31. The molecule has 0 bridgehead atoms. The predicted octanol–water partition coefficient (Wildman–Crippen LogP) is 6.64. The first-order valence-corrected chi connectivity index (χ1v) is 11.5. The van der Waals surface area contributed by atoms with Crippen LogP contribution in [0.4, 0.5) is 13.2 Å². The number of aromatic carboxylic acids is 1. The van der Waals surface area contributed by atoms with Crippen molar-refractivity contribution >= 4 is 17.0 Å². The topological polar surface area (TPSA) is 81.2 Å². The molecule has 4 aromatic rings. The second-order valence-electron chi connectivity index (χ2n) is 9.29. The molecule has 0 aliphatic heterocycles. The molecule has 1 aromatic carbocycles. The Morgan fingerprint density at radius 3 is 2.57 bits per heavy atom. The average molecular weight is 483 g/mol. The van der Waals surface area contributed by atoms with Gasteiger partial charge < -0.3 is 14.2 Å². The number of alkyl halides is 2. The number of carboxylic acid groups (broad SMARTS) is 1. The van der Waals surface area contributed by atoms with Gasteiger partial charge in [0.25, 0.3) is 0 Å². The summed E-state index contributed by atoms with van der Waals surface area (Å²) in [5.74, 6) is -4.05. The SMILES string of the molecule is Cc1noc(C)c1-c1cnc2c(-c3ccc(C(=O)O)c(F)c3)cn(CC3CCC(F)(F)CC3)c2c1. The minimum absolute atomic E-state index is 0.0758. The number of hydrogen-bond donors (Lipinski definition) is 1.